The molecule has 0 spiro atoms. The van der Waals surface area contributed by atoms with Gasteiger partial charge in [0.2, 0.25) is 5.91 Å². The monoisotopic (exact) mass is 556 g/mol. The Bertz CT molecular complexity index is 1270. The number of hydrogen-bond acceptors (Lipinski definition) is 5. The first-order valence-corrected chi connectivity index (χ1v) is 14.7. The van der Waals surface area contributed by atoms with E-state index in [0.717, 1.165) is 31.7 Å². The molecule has 2 heterocycles. The number of amides is 1. The second-order valence-electron chi connectivity index (χ2n) is 10.3. The number of alkyl halides is 3. The summed E-state index contributed by atoms with van der Waals surface area (Å²) in [4.78, 5) is 17.8. The van der Waals surface area contributed by atoms with Gasteiger partial charge in [-0.05, 0) is 53.8 Å². The van der Waals surface area contributed by atoms with Crippen molar-refractivity contribution in [1.29, 1.82) is 0 Å². The molecule has 2 aliphatic heterocycles. The van der Waals surface area contributed by atoms with Gasteiger partial charge in [0.15, 0.2) is 0 Å². The van der Waals surface area contributed by atoms with Crippen molar-refractivity contribution in [3.63, 3.8) is 0 Å². The van der Waals surface area contributed by atoms with Gasteiger partial charge in [-0.25, -0.2) is 0 Å². The van der Waals surface area contributed by atoms with Gasteiger partial charge >= 0.3 is 6.18 Å². The molecule has 5 rings (SSSR count). The molecule has 1 amide bonds. The van der Waals surface area contributed by atoms with Crippen LogP contribution < -0.4 is 15.5 Å². The van der Waals surface area contributed by atoms with Crippen LogP contribution in [0.4, 0.5) is 24.5 Å². The minimum atomic E-state index is -4.44. The molecule has 5 nitrogen and oxygen atoms in total. The zero-order chi connectivity index (χ0) is 27.2. The highest BCUT2D eigenvalue weighted by molar-refractivity contribution is 7.99. The number of anilines is 2. The molecule has 2 aliphatic rings. The van der Waals surface area contributed by atoms with E-state index >= 15 is 0 Å². The lowest BCUT2D eigenvalue weighted by atomic mass is 9.99. The number of thioether (sulfide) groups is 1. The lowest BCUT2D eigenvalue weighted by Crippen LogP contribution is -2.44. The Morgan fingerprint density at radius 2 is 1.72 bits per heavy atom. The van der Waals surface area contributed by atoms with Crippen molar-refractivity contribution >= 4 is 39.8 Å². The quantitative estimate of drug-likeness (QED) is 0.329. The molecule has 39 heavy (non-hydrogen) atoms. The van der Waals surface area contributed by atoms with E-state index in [1.165, 1.54) is 21.7 Å². The van der Waals surface area contributed by atoms with Gasteiger partial charge in [-0.1, -0.05) is 36.4 Å². The zero-order valence-electron chi connectivity index (χ0n) is 22.0. The first kappa shape index (κ1) is 27.6. The summed E-state index contributed by atoms with van der Waals surface area (Å²) in [7, 11) is 0. The number of likely N-dealkylation sites (tertiary alicyclic amines) is 1. The number of fused-ring (bicyclic) bond motifs is 1. The van der Waals surface area contributed by atoms with Crippen LogP contribution in [0.5, 0.6) is 0 Å². The number of piperazine rings is 1. The summed E-state index contributed by atoms with van der Waals surface area (Å²) >= 11 is 1.89. The smallest absolute Gasteiger partial charge is 0.385 e. The summed E-state index contributed by atoms with van der Waals surface area (Å²) in [5.74, 6) is 1.64. The largest absolute Gasteiger partial charge is 0.418 e. The van der Waals surface area contributed by atoms with Crippen LogP contribution in [0.1, 0.15) is 24.8 Å². The van der Waals surface area contributed by atoms with Crippen LogP contribution in [0.25, 0.3) is 10.8 Å². The Balaban J connectivity index is 1.08. The van der Waals surface area contributed by atoms with Gasteiger partial charge in [0.1, 0.15) is 0 Å². The summed E-state index contributed by atoms with van der Waals surface area (Å²) in [5, 5.41) is 8.74. The predicted octanol–water partition coefficient (Wildman–Crippen LogP) is 6.10. The number of nitrogens with one attached hydrogen (secondary N) is 2. The van der Waals surface area contributed by atoms with Crippen molar-refractivity contribution in [3.05, 3.63) is 66.2 Å². The fourth-order valence-electron chi connectivity index (χ4n) is 5.40. The number of hydrogen-bond donors (Lipinski definition) is 2. The SMILES string of the molecule is O=C(CCNc1ccc(N2CCNCC2)c(C(F)(F)F)c1)N1CCC(CSc2cccc3ccccc23)CC1. The molecule has 0 radical (unpaired) electrons. The predicted molar refractivity (Wildman–Crippen MR) is 154 cm³/mol. The van der Waals surface area contributed by atoms with Crippen molar-refractivity contribution in [2.75, 3.05) is 61.8 Å². The van der Waals surface area contributed by atoms with Crippen molar-refractivity contribution < 1.29 is 18.0 Å². The molecule has 0 atom stereocenters. The first-order chi connectivity index (χ1) is 18.9. The maximum absolute atomic E-state index is 13.8. The third kappa shape index (κ3) is 7.00. The zero-order valence-corrected chi connectivity index (χ0v) is 22.8. The van der Waals surface area contributed by atoms with Crippen LogP contribution in [0.3, 0.4) is 0 Å². The average molecular weight is 557 g/mol. The van der Waals surface area contributed by atoms with Gasteiger partial charge in [0.25, 0.3) is 0 Å². The summed E-state index contributed by atoms with van der Waals surface area (Å²) in [5.41, 5.74) is -0.0329. The molecule has 9 heteroatoms. The molecular weight excluding hydrogens is 521 g/mol. The number of carbonyl (C=O) groups is 1. The van der Waals surface area contributed by atoms with Crippen molar-refractivity contribution in [2.45, 2.75) is 30.3 Å². The van der Waals surface area contributed by atoms with Gasteiger partial charge in [-0.15, -0.1) is 11.8 Å². The molecule has 208 valence electrons. The molecular formula is C30H35F3N4OS. The Morgan fingerprint density at radius 3 is 2.49 bits per heavy atom. The summed E-state index contributed by atoms with van der Waals surface area (Å²) in [6.45, 7) is 4.19. The van der Waals surface area contributed by atoms with Crippen LogP contribution >= 0.6 is 11.8 Å². The number of carbonyl (C=O) groups excluding carboxylic acids is 1. The Morgan fingerprint density at radius 1 is 0.974 bits per heavy atom. The molecule has 0 saturated carbocycles. The third-order valence-corrected chi connectivity index (χ3v) is 8.92. The van der Waals surface area contributed by atoms with Crippen molar-refractivity contribution in [3.8, 4) is 0 Å². The Hall–Kier alpha value is -2.91. The molecule has 2 fully saturated rings. The highest BCUT2D eigenvalue weighted by atomic mass is 32.2. The summed E-state index contributed by atoms with van der Waals surface area (Å²) in [6.07, 6.45) is -2.24. The van der Waals surface area contributed by atoms with Gasteiger partial charge in [-0.3, -0.25) is 4.79 Å². The van der Waals surface area contributed by atoms with E-state index in [4.69, 9.17) is 0 Å². The van der Waals surface area contributed by atoms with Crippen LogP contribution in [0.2, 0.25) is 0 Å². The molecule has 0 unspecified atom stereocenters. The van der Waals surface area contributed by atoms with E-state index in [-0.39, 0.29) is 18.0 Å². The van der Waals surface area contributed by atoms with Crippen molar-refractivity contribution in [1.82, 2.24) is 10.2 Å². The number of halogens is 3. The van der Waals surface area contributed by atoms with Gasteiger partial charge in [0.05, 0.1) is 5.56 Å². The van der Waals surface area contributed by atoms with Gasteiger partial charge < -0.3 is 20.4 Å². The van der Waals surface area contributed by atoms with E-state index in [9.17, 15) is 18.0 Å². The average Bonchev–Trinajstić information content (AvgIpc) is 2.96. The molecule has 2 N–H and O–H groups in total. The first-order valence-electron chi connectivity index (χ1n) is 13.7. The fourth-order valence-corrected chi connectivity index (χ4v) is 6.67. The van der Waals surface area contributed by atoms with Gasteiger partial charge in [-0.2, -0.15) is 13.2 Å². The second-order valence-corrected chi connectivity index (χ2v) is 11.3. The Kier molecular flexibility index (Phi) is 8.87. The number of nitrogens with zero attached hydrogens (tertiary/aromatic N) is 2. The Labute approximate surface area is 232 Å². The van der Waals surface area contributed by atoms with Crippen LogP contribution in [0.15, 0.2) is 65.6 Å². The van der Waals surface area contributed by atoms with Gasteiger partial charge in [0, 0.05) is 74.3 Å². The minimum Gasteiger partial charge on any atom is -0.385 e. The van der Waals surface area contributed by atoms with Crippen LogP contribution in [-0.4, -0.2) is 62.4 Å². The highest BCUT2D eigenvalue weighted by Crippen LogP contribution is 2.38. The number of benzene rings is 3. The number of rotatable bonds is 8. The highest BCUT2D eigenvalue weighted by Gasteiger charge is 2.35. The molecule has 0 aromatic heterocycles. The fraction of sp³-hybridized carbons (Fsp3) is 0.433. The summed E-state index contributed by atoms with van der Waals surface area (Å²) in [6, 6.07) is 19.2. The van der Waals surface area contributed by atoms with Crippen LogP contribution in [0, 0.1) is 5.92 Å². The maximum Gasteiger partial charge on any atom is 0.418 e. The van der Waals surface area contributed by atoms with E-state index in [0.29, 0.717) is 44.3 Å². The molecule has 3 aromatic rings. The van der Waals surface area contributed by atoms with E-state index < -0.39 is 11.7 Å². The normalized spacial score (nSPS) is 17.0. The second kappa shape index (κ2) is 12.5. The van der Waals surface area contributed by atoms with Crippen LogP contribution in [-0.2, 0) is 11.0 Å². The topological polar surface area (TPSA) is 47.6 Å². The molecule has 2 saturated heterocycles. The van der Waals surface area contributed by atoms with E-state index in [1.807, 2.05) is 16.7 Å². The van der Waals surface area contributed by atoms with Crippen molar-refractivity contribution in [2.24, 2.45) is 5.92 Å². The third-order valence-electron chi connectivity index (χ3n) is 7.62. The minimum absolute atomic E-state index is 0.0520. The van der Waals surface area contributed by atoms with E-state index in [2.05, 4.69) is 53.1 Å². The lowest BCUT2D eigenvalue weighted by molar-refractivity contribution is -0.137. The molecule has 0 bridgehead atoms. The lowest BCUT2D eigenvalue weighted by Gasteiger charge is -2.32. The standard InChI is InChI=1S/C30H35F3N4OS/c31-30(32,33)26-20-24(8-9-27(26)36-18-14-34-15-19-36)35-13-10-29(38)37-16-11-22(12-17-37)21-39-28-7-3-5-23-4-1-2-6-25(23)28/h1-9,20,22,34-35H,10-19,21H2. The van der Waals surface area contributed by atoms with E-state index in [1.54, 1.807) is 17.0 Å². The molecule has 0 aliphatic carbocycles. The molecule has 3 aromatic carbocycles. The summed E-state index contributed by atoms with van der Waals surface area (Å²) < 4.78 is 41.4. The maximum atomic E-state index is 13.8. The number of piperidine rings is 1.